The number of hydrogen-bond donors (Lipinski definition) is 7. The molecule has 14 nitrogen and oxygen atoms in total. The molecule has 6 spiro atoms. The molecule has 7 aliphatic heterocycles. The molecule has 8 saturated carbocycles. The van der Waals surface area contributed by atoms with Gasteiger partial charge in [0.05, 0.1) is 12.2 Å². The molecule has 16 heteroatoms. The number of nitrogens with one attached hydrogen (secondary N) is 1. The van der Waals surface area contributed by atoms with Crippen LogP contribution in [0.4, 0.5) is 0 Å². The summed E-state index contributed by atoms with van der Waals surface area (Å²) in [5.74, 6) is 2.51. The van der Waals surface area contributed by atoms with Crippen LogP contribution >= 0.6 is 21.6 Å². The summed E-state index contributed by atoms with van der Waals surface area (Å²) < 4.78 is 13.9. The lowest BCUT2D eigenvalue weighted by Crippen LogP contribution is -2.61. The Balaban J connectivity index is 0.842. The summed E-state index contributed by atoms with van der Waals surface area (Å²) >= 11 is 0. The van der Waals surface area contributed by atoms with Crippen LogP contribution in [-0.4, -0.2) is 97.2 Å². The zero-order chi connectivity index (χ0) is 59.7. The second kappa shape index (κ2) is 22.2. The summed E-state index contributed by atoms with van der Waals surface area (Å²) in [4.78, 5) is 40.2. The average molecular weight is 1220 g/mol. The van der Waals surface area contributed by atoms with Crippen molar-refractivity contribution in [2.45, 2.75) is 232 Å². The highest BCUT2D eigenvalue weighted by Crippen LogP contribution is 2.76. The fourth-order valence-corrected chi connectivity index (χ4v) is 27.6. The van der Waals surface area contributed by atoms with Crippen molar-refractivity contribution in [3.63, 3.8) is 0 Å². The van der Waals surface area contributed by atoms with Gasteiger partial charge in [-0.15, -0.1) is 0 Å². The SMILES string of the molecule is CC(=O)O[C@@]12CCc3cc(c(O)c4c3[C@@H]3C=C[C@]5(CCC[C@@H]5C3)O4)CN3C[C@]4(CC3=O)[C@H](CC[C@H]4c3ccccc3)CN=C(N)N[C@]3(CCCC34CCCC4)SS[C@@H]3C=C[C@@H]4[C@@H](CC[C@H]3[C@]43CCC[C@]34CC[C@H](CCN=C(N)N)[C@@H]4O)[C@@H](CC1)[C@H](O)C2. The fourth-order valence-electron chi connectivity index (χ4n) is 23.5. The number of nitrogens with zero attached hydrogens (tertiary/aromatic N) is 3. The highest BCUT2D eigenvalue weighted by atomic mass is 33.1. The number of nitrogens with two attached hydrogens (primary N) is 3. The maximum atomic E-state index is 15.1. The first-order valence-corrected chi connectivity index (χ1v) is 36.6. The Labute approximate surface area is 523 Å². The molecule has 10 aliphatic carbocycles. The molecule has 87 heavy (non-hydrogen) atoms. The van der Waals surface area contributed by atoms with Crippen molar-refractivity contribution in [2.24, 2.45) is 90.3 Å². The number of benzene rings is 2. The van der Waals surface area contributed by atoms with Gasteiger partial charge < -0.3 is 52.2 Å². The van der Waals surface area contributed by atoms with E-state index in [1.807, 2.05) is 4.90 Å². The average Bonchev–Trinajstić information content (AvgIpc) is 1.62. The van der Waals surface area contributed by atoms with Crippen molar-refractivity contribution in [3.05, 3.63) is 83.0 Å². The fraction of sp³-hybridized carbons (Fsp3) is 0.718. The normalized spacial score (nSPS) is 43.2. The number of phenols is 1. The van der Waals surface area contributed by atoms with Gasteiger partial charge in [-0.2, -0.15) is 0 Å². The van der Waals surface area contributed by atoms with Crippen LogP contribution < -0.4 is 27.3 Å². The lowest BCUT2D eigenvalue weighted by molar-refractivity contribution is -0.179. The maximum Gasteiger partial charge on any atom is 0.303 e. The molecule has 1 saturated heterocycles. The Bertz CT molecular complexity index is 3130. The molecule has 18 atom stereocenters. The second-order valence-electron chi connectivity index (χ2n) is 30.6. The van der Waals surface area contributed by atoms with Gasteiger partial charge in [-0.25, -0.2) is 0 Å². The van der Waals surface area contributed by atoms with E-state index in [9.17, 15) is 20.1 Å². The highest BCUT2D eigenvalue weighted by Gasteiger charge is 2.71. The number of ether oxygens (including phenoxy) is 2. The van der Waals surface area contributed by atoms with E-state index >= 15 is 4.79 Å². The summed E-state index contributed by atoms with van der Waals surface area (Å²) in [6.45, 7) is 3.35. The van der Waals surface area contributed by atoms with Crippen LogP contribution in [0.3, 0.4) is 0 Å². The first kappa shape index (κ1) is 59.0. The number of carbonyl (C=O) groups excluding carboxylic acids is 2. The van der Waals surface area contributed by atoms with Crippen LogP contribution in [0.15, 0.2) is 70.7 Å². The van der Waals surface area contributed by atoms with Crippen molar-refractivity contribution in [3.8, 4) is 11.5 Å². The second-order valence-corrected chi connectivity index (χ2v) is 33.3. The summed E-state index contributed by atoms with van der Waals surface area (Å²) in [5.41, 5.74) is 21.0. The zero-order valence-electron chi connectivity index (χ0n) is 51.5. The summed E-state index contributed by atoms with van der Waals surface area (Å²) in [6.07, 6.45) is 33.7. The van der Waals surface area contributed by atoms with E-state index in [1.165, 1.54) is 44.6 Å². The predicted octanol–water partition coefficient (Wildman–Crippen LogP) is 11.6. The Morgan fingerprint density at radius 2 is 1.70 bits per heavy atom. The van der Waals surface area contributed by atoms with Crippen LogP contribution in [0.25, 0.3) is 0 Å². The molecule has 1 amide bonds. The molecular formula is C71H97N7O7S2. The Hall–Kier alpha value is -4.38. The van der Waals surface area contributed by atoms with Crippen LogP contribution in [-0.2, 0) is 27.3 Å². The van der Waals surface area contributed by atoms with Gasteiger partial charge >= 0.3 is 5.97 Å². The van der Waals surface area contributed by atoms with Gasteiger partial charge in [-0.1, -0.05) is 89.4 Å². The van der Waals surface area contributed by atoms with Crippen molar-refractivity contribution in [1.82, 2.24) is 10.2 Å². The number of aliphatic imine (C=N–C) groups is 2. The Kier molecular flexibility index (Phi) is 15.0. The van der Waals surface area contributed by atoms with E-state index < -0.39 is 28.8 Å². The first-order chi connectivity index (χ1) is 42.0. The number of aryl methyl sites for hydroxylation is 1. The van der Waals surface area contributed by atoms with E-state index in [-0.39, 0.29) is 97.9 Å². The van der Waals surface area contributed by atoms with Gasteiger partial charge in [0.2, 0.25) is 5.91 Å². The summed E-state index contributed by atoms with van der Waals surface area (Å²) in [7, 11) is 4.13. The van der Waals surface area contributed by atoms with E-state index in [0.29, 0.717) is 80.8 Å². The molecule has 12 bridgehead atoms. The lowest BCUT2D eigenvalue weighted by atomic mass is 9.42. The van der Waals surface area contributed by atoms with Crippen molar-refractivity contribution in [1.29, 1.82) is 0 Å². The highest BCUT2D eigenvalue weighted by molar-refractivity contribution is 8.77. The smallest absolute Gasteiger partial charge is 0.303 e. The Morgan fingerprint density at radius 3 is 2.52 bits per heavy atom. The van der Waals surface area contributed by atoms with Crippen LogP contribution in [0.5, 0.6) is 11.5 Å². The molecule has 470 valence electrons. The van der Waals surface area contributed by atoms with Gasteiger partial charge in [0, 0.05) is 90.4 Å². The molecule has 10 N–H and O–H groups in total. The van der Waals surface area contributed by atoms with E-state index in [4.69, 9.17) is 31.7 Å². The number of amides is 1. The minimum Gasteiger partial charge on any atom is -0.504 e. The molecule has 9 fully saturated rings. The molecule has 7 heterocycles. The minimum atomic E-state index is -0.907. The topological polar surface area (TPSA) is 231 Å². The zero-order valence-corrected chi connectivity index (χ0v) is 53.1. The van der Waals surface area contributed by atoms with E-state index in [1.54, 1.807) is 0 Å². The van der Waals surface area contributed by atoms with Gasteiger partial charge in [0.25, 0.3) is 0 Å². The number of guanidine groups is 2. The van der Waals surface area contributed by atoms with Crippen molar-refractivity contribution in [2.75, 3.05) is 19.6 Å². The number of hydrogen-bond acceptors (Lipinski definition) is 13. The van der Waals surface area contributed by atoms with Gasteiger partial charge in [0.1, 0.15) is 16.1 Å². The predicted molar refractivity (Wildman–Crippen MR) is 344 cm³/mol. The summed E-state index contributed by atoms with van der Waals surface area (Å²) in [6, 6.07) is 13.0. The van der Waals surface area contributed by atoms with E-state index in [0.717, 1.165) is 120 Å². The summed E-state index contributed by atoms with van der Waals surface area (Å²) in [5, 5.41) is 43.4. The number of esters is 1. The molecule has 17 aliphatic rings. The van der Waals surface area contributed by atoms with Crippen LogP contribution in [0.1, 0.15) is 208 Å². The molecule has 0 aromatic heterocycles. The van der Waals surface area contributed by atoms with Crippen LogP contribution in [0.2, 0.25) is 0 Å². The van der Waals surface area contributed by atoms with Gasteiger partial charge in [0.15, 0.2) is 23.4 Å². The quantitative estimate of drug-likeness (QED) is 0.0486. The number of aliphatic hydroxyl groups is 2. The van der Waals surface area contributed by atoms with Gasteiger partial charge in [-0.05, 0) is 211 Å². The molecule has 0 radical (unpaired) electrons. The molecule has 2 aromatic rings. The molecular weight excluding hydrogens is 1130 g/mol. The molecule has 0 unspecified atom stereocenters. The number of aromatic hydroxyl groups is 1. The number of fused-ring (bicyclic) bond motifs is 2. The largest absolute Gasteiger partial charge is 0.504 e. The molecule has 19 rings (SSSR count). The number of allylic oxidation sites excluding steroid dienone is 2. The monoisotopic (exact) mass is 1220 g/mol. The van der Waals surface area contributed by atoms with Crippen molar-refractivity contribution >= 4 is 45.4 Å². The van der Waals surface area contributed by atoms with E-state index in [2.05, 4.69) is 92.6 Å². The third kappa shape index (κ3) is 9.32. The molecule has 2 aromatic carbocycles. The third-order valence-corrected chi connectivity index (χ3v) is 30.7. The minimum absolute atomic E-state index is 0.00554. The Morgan fingerprint density at radius 1 is 0.874 bits per heavy atom. The standard InChI is InChI=1S/C71H97N7O7S2/c1-43(79)84-66-31-19-46-36-48(60(82)61-59(46)47-21-34-69(85-61)28-7-12-49(69)37-47)41-78-42-67(39-58(78)81)50(13-15-53(67)44-10-3-2-4-11-44)40-76-64(74)77-71(30-8-26-65(71)24-5-6-25-65)87-86-57-18-17-54-51(52(22-32-66)56(80)38-66)14-16-55(57)70(54)29-9-27-68(70)33-20-45(62(68)83)23-35-75-63(72)73/h2-4,10-11,17-18,21,34,36,45,47,49-57,62,80,82-83H,5-9,12-16,19-20,22-33,35,37-42H2,1H3,(H4,72,73,75)(H3,74,76,77)/t45-,47-,49-,50-,51+,52-,53+,54-,55-,56-,57-,62+,66+,67-,68-,69+,70+,71-/m1/s1. The number of phenolic OH excluding ortho intramolecular Hbond substituents is 1. The third-order valence-electron chi connectivity index (χ3n) is 27.1. The van der Waals surface area contributed by atoms with Gasteiger partial charge in [-0.3, -0.25) is 19.6 Å². The number of carbonyl (C=O) groups is 2. The van der Waals surface area contributed by atoms with Crippen LogP contribution in [0, 0.1) is 63.1 Å². The lowest BCUT2D eigenvalue weighted by Gasteiger charge is -2.64. The number of rotatable bonds is 5. The maximum absolute atomic E-state index is 15.1. The number of aliphatic hydroxyl groups excluding tert-OH is 2. The van der Waals surface area contributed by atoms with Crippen molar-refractivity contribution < 1.29 is 34.4 Å². The first-order valence-electron chi connectivity index (χ1n) is 34.3.